The van der Waals surface area contributed by atoms with Crippen molar-refractivity contribution < 1.29 is 14.3 Å². The summed E-state index contributed by atoms with van der Waals surface area (Å²) >= 11 is 1.45. The number of carbonyl (C=O) groups excluding carboxylic acids is 2. The first-order valence-electron chi connectivity index (χ1n) is 14.0. The van der Waals surface area contributed by atoms with Crippen LogP contribution in [0.5, 0.6) is 0 Å². The molecule has 1 amide bonds. The third-order valence-corrected chi connectivity index (χ3v) is 8.63. The first kappa shape index (κ1) is 27.3. The van der Waals surface area contributed by atoms with Crippen molar-refractivity contribution in [2.45, 2.75) is 45.1 Å². The highest BCUT2D eigenvalue weighted by Crippen LogP contribution is 2.38. The molecule has 0 fully saturated rings. The van der Waals surface area contributed by atoms with Crippen molar-refractivity contribution in [1.29, 1.82) is 5.26 Å². The highest BCUT2D eigenvalue weighted by molar-refractivity contribution is 7.16. The lowest BCUT2D eigenvalue weighted by molar-refractivity contribution is -0.124. The molecule has 5 aromatic rings. The number of nitrogens with zero attached hydrogens (tertiary/aromatic N) is 3. The Labute approximate surface area is 247 Å². The Balaban J connectivity index is 1.27. The van der Waals surface area contributed by atoms with Gasteiger partial charge in [-0.25, -0.2) is 14.8 Å². The van der Waals surface area contributed by atoms with E-state index >= 15 is 0 Å². The number of hydrogen-bond acceptors (Lipinski definition) is 7. The van der Waals surface area contributed by atoms with Gasteiger partial charge in [-0.05, 0) is 55.9 Å². The number of anilines is 1. The fraction of sp³-hybridized carbons (Fsp3) is 0.206. The summed E-state index contributed by atoms with van der Waals surface area (Å²) in [6.07, 6.45) is 3.16. The van der Waals surface area contributed by atoms with Crippen LogP contribution in [0.3, 0.4) is 0 Å². The van der Waals surface area contributed by atoms with Crippen LogP contribution in [-0.4, -0.2) is 27.9 Å². The molecule has 8 heteroatoms. The normalized spacial score (nSPS) is 13.1. The van der Waals surface area contributed by atoms with Gasteiger partial charge >= 0.3 is 5.97 Å². The molecule has 0 bridgehead atoms. The molecule has 2 heterocycles. The molecule has 0 saturated carbocycles. The van der Waals surface area contributed by atoms with Crippen molar-refractivity contribution in [3.63, 3.8) is 0 Å². The minimum absolute atomic E-state index is 0.277. The Hall–Kier alpha value is -4.87. The van der Waals surface area contributed by atoms with Crippen molar-refractivity contribution in [3.05, 3.63) is 100 Å². The number of amides is 1. The van der Waals surface area contributed by atoms with Gasteiger partial charge in [0.25, 0.3) is 5.91 Å². The Bertz CT molecular complexity index is 1830. The number of benzene rings is 3. The third-order valence-electron chi connectivity index (χ3n) is 7.43. The highest BCUT2D eigenvalue weighted by atomic mass is 32.1. The summed E-state index contributed by atoms with van der Waals surface area (Å²) in [6.45, 7) is 1.78. The van der Waals surface area contributed by atoms with Gasteiger partial charge in [0.2, 0.25) is 0 Å². The van der Waals surface area contributed by atoms with Crippen LogP contribution in [0.4, 0.5) is 5.00 Å². The van der Waals surface area contributed by atoms with Gasteiger partial charge in [0.1, 0.15) is 11.1 Å². The number of ether oxygens (including phenoxy) is 1. The van der Waals surface area contributed by atoms with Gasteiger partial charge in [0.05, 0.1) is 33.5 Å². The molecule has 208 valence electrons. The largest absolute Gasteiger partial charge is 0.449 e. The number of rotatable bonds is 7. The molecule has 1 aliphatic rings. The fourth-order valence-electron chi connectivity index (χ4n) is 5.26. The molecule has 42 heavy (non-hydrogen) atoms. The minimum atomic E-state index is -1.01. The lowest BCUT2D eigenvalue weighted by Gasteiger charge is -2.16. The van der Waals surface area contributed by atoms with Gasteiger partial charge in [-0.2, -0.15) is 5.26 Å². The molecule has 7 nitrogen and oxygen atoms in total. The van der Waals surface area contributed by atoms with Gasteiger partial charge in [-0.1, -0.05) is 67.6 Å². The second kappa shape index (κ2) is 11.9. The molecule has 2 aromatic heterocycles. The van der Waals surface area contributed by atoms with E-state index in [9.17, 15) is 14.9 Å². The van der Waals surface area contributed by atoms with Crippen LogP contribution in [0.15, 0.2) is 78.9 Å². The summed E-state index contributed by atoms with van der Waals surface area (Å²) in [5.41, 5.74) is 6.34. The van der Waals surface area contributed by atoms with Crippen LogP contribution in [0.2, 0.25) is 0 Å². The van der Waals surface area contributed by atoms with Crippen molar-refractivity contribution >= 4 is 39.2 Å². The average Bonchev–Trinajstić information content (AvgIpc) is 3.40. The first-order valence-corrected chi connectivity index (χ1v) is 14.9. The van der Waals surface area contributed by atoms with Gasteiger partial charge in [-0.15, -0.1) is 11.3 Å². The zero-order valence-electron chi connectivity index (χ0n) is 23.1. The second-order valence-electron chi connectivity index (χ2n) is 10.2. The third kappa shape index (κ3) is 5.39. The molecule has 1 atom stereocenters. The molecule has 0 spiro atoms. The molecule has 0 radical (unpaired) electrons. The standard InChI is InChI=1S/C34H28N4O3S/c1-2-28(32(39)38-33-25(20-35)24-15-9-10-16-29(24)42-33)41-34(40)23-17-18-26-27(19-23)37-31(22-13-7-4-8-14-22)30(36-26)21-11-5-3-6-12-21/h3-8,11-14,17-19,28H,2,9-10,15-16H2,1H3,(H,38,39). The lowest BCUT2D eigenvalue weighted by atomic mass is 9.96. The number of nitriles is 1. The van der Waals surface area contributed by atoms with Gasteiger partial charge in [-0.3, -0.25) is 4.79 Å². The van der Waals surface area contributed by atoms with Crippen LogP contribution >= 0.6 is 11.3 Å². The lowest BCUT2D eigenvalue weighted by Crippen LogP contribution is -2.32. The van der Waals surface area contributed by atoms with Crippen LogP contribution in [0, 0.1) is 11.3 Å². The van der Waals surface area contributed by atoms with Crippen molar-refractivity contribution in [1.82, 2.24) is 9.97 Å². The van der Waals surface area contributed by atoms with Crippen molar-refractivity contribution in [2.75, 3.05) is 5.32 Å². The number of aryl methyl sites for hydroxylation is 1. The van der Waals surface area contributed by atoms with Gasteiger partial charge < -0.3 is 10.1 Å². The zero-order valence-corrected chi connectivity index (χ0v) is 23.9. The maximum atomic E-state index is 13.2. The van der Waals surface area contributed by atoms with E-state index in [1.54, 1.807) is 25.1 Å². The molecule has 0 saturated heterocycles. The zero-order chi connectivity index (χ0) is 29.1. The van der Waals surface area contributed by atoms with Crippen LogP contribution in [0.25, 0.3) is 33.5 Å². The van der Waals surface area contributed by atoms with E-state index in [1.807, 2.05) is 60.7 Å². The molecule has 1 N–H and O–H groups in total. The maximum Gasteiger partial charge on any atom is 0.338 e. The molecular weight excluding hydrogens is 544 g/mol. The van der Waals surface area contributed by atoms with Crippen LogP contribution in [-0.2, 0) is 22.4 Å². The molecule has 1 aliphatic carbocycles. The number of fused-ring (bicyclic) bond motifs is 2. The molecule has 3 aromatic carbocycles. The maximum absolute atomic E-state index is 13.2. The highest BCUT2D eigenvalue weighted by Gasteiger charge is 2.27. The molecule has 6 rings (SSSR count). The monoisotopic (exact) mass is 572 g/mol. The predicted molar refractivity (Wildman–Crippen MR) is 164 cm³/mol. The summed E-state index contributed by atoms with van der Waals surface area (Å²) in [7, 11) is 0. The Kier molecular flexibility index (Phi) is 7.76. The number of aromatic nitrogens is 2. The summed E-state index contributed by atoms with van der Waals surface area (Å²) in [4.78, 5) is 37.4. The Morgan fingerprint density at radius 2 is 1.57 bits per heavy atom. The fourth-order valence-corrected chi connectivity index (χ4v) is 6.50. The summed E-state index contributed by atoms with van der Waals surface area (Å²) in [6, 6.07) is 27.0. The topological polar surface area (TPSA) is 105 Å². The number of nitrogens with one attached hydrogen (secondary N) is 1. The summed E-state index contributed by atoms with van der Waals surface area (Å²) in [5.74, 6) is -1.07. The number of esters is 1. The second-order valence-corrected chi connectivity index (χ2v) is 11.3. The first-order chi connectivity index (χ1) is 20.6. The van der Waals surface area contributed by atoms with Crippen LogP contribution < -0.4 is 5.32 Å². The Morgan fingerprint density at radius 3 is 2.21 bits per heavy atom. The van der Waals surface area contributed by atoms with Gasteiger partial charge in [0.15, 0.2) is 6.10 Å². The van der Waals surface area contributed by atoms with E-state index < -0.39 is 18.0 Å². The van der Waals surface area contributed by atoms with E-state index in [4.69, 9.17) is 14.7 Å². The van der Waals surface area contributed by atoms with Crippen molar-refractivity contribution in [2.24, 2.45) is 0 Å². The van der Waals surface area contributed by atoms with E-state index in [0.717, 1.165) is 52.9 Å². The van der Waals surface area contributed by atoms with E-state index in [0.29, 0.717) is 27.3 Å². The summed E-state index contributed by atoms with van der Waals surface area (Å²) in [5, 5.41) is 13.1. The van der Waals surface area contributed by atoms with E-state index in [-0.39, 0.29) is 12.0 Å². The summed E-state index contributed by atoms with van der Waals surface area (Å²) < 4.78 is 5.67. The minimum Gasteiger partial charge on any atom is -0.449 e. The van der Waals surface area contributed by atoms with Crippen LogP contribution in [0.1, 0.15) is 52.5 Å². The molecule has 0 aliphatic heterocycles. The number of thiophene rings is 1. The number of hydrogen-bond donors (Lipinski definition) is 1. The number of carbonyl (C=O) groups is 2. The van der Waals surface area contributed by atoms with Crippen molar-refractivity contribution in [3.8, 4) is 28.6 Å². The predicted octanol–water partition coefficient (Wildman–Crippen LogP) is 7.35. The van der Waals surface area contributed by atoms with E-state index in [2.05, 4.69) is 11.4 Å². The average molecular weight is 573 g/mol. The smallest absolute Gasteiger partial charge is 0.338 e. The molecular formula is C34H28N4O3S. The SMILES string of the molecule is CCC(OC(=O)c1ccc2nc(-c3ccccc3)c(-c3ccccc3)nc2c1)C(=O)Nc1sc2c(c1C#N)CCCC2. The van der Waals surface area contributed by atoms with E-state index in [1.165, 1.54) is 11.3 Å². The Morgan fingerprint density at radius 1 is 0.929 bits per heavy atom. The van der Waals surface area contributed by atoms with Gasteiger partial charge in [0, 0.05) is 16.0 Å². The molecule has 1 unspecified atom stereocenters. The quantitative estimate of drug-likeness (QED) is 0.205.